The van der Waals surface area contributed by atoms with E-state index in [1.807, 2.05) is 6.92 Å². The van der Waals surface area contributed by atoms with Gasteiger partial charge in [-0.3, -0.25) is 14.6 Å². The van der Waals surface area contributed by atoms with E-state index >= 15 is 0 Å². The lowest BCUT2D eigenvalue weighted by atomic mass is 9.89. The van der Waals surface area contributed by atoms with E-state index in [0.717, 1.165) is 35.8 Å². The van der Waals surface area contributed by atoms with Crippen LogP contribution in [0.15, 0.2) is 5.38 Å². The highest BCUT2D eigenvalue weighted by Crippen LogP contribution is 2.28. The van der Waals surface area contributed by atoms with Gasteiger partial charge in [0.15, 0.2) is 5.13 Å². The number of halogens is 1. The Hall–Kier alpha value is -0.690. The van der Waals surface area contributed by atoms with Crippen LogP contribution >= 0.6 is 23.7 Å². The molecule has 2 saturated heterocycles. The predicted molar refractivity (Wildman–Crippen MR) is 92.8 cm³/mol. The fourth-order valence-corrected chi connectivity index (χ4v) is 4.39. The van der Waals surface area contributed by atoms with Gasteiger partial charge >= 0.3 is 0 Å². The van der Waals surface area contributed by atoms with Crippen molar-refractivity contribution in [3.8, 4) is 0 Å². The molecular formula is C15H25ClN4OS. The summed E-state index contributed by atoms with van der Waals surface area (Å²) in [5, 5.41) is 6.43. The van der Waals surface area contributed by atoms with Gasteiger partial charge in [-0.05, 0) is 44.8 Å². The molecule has 0 radical (unpaired) electrons. The summed E-state index contributed by atoms with van der Waals surface area (Å²) in [6.45, 7) is 9.88. The van der Waals surface area contributed by atoms with Crippen molar-refractivity contribution in [2.24, 2.45) is 11.8 Å². The maximum Gasteiger partial charge on any atom is 0.225 e. The minimum absolute atomic E-state index is 0. The van der Waals surface area contributed by atoms with Crippen molar-refractivity contribution in [3.63, 3.8) is 0 Å². The van der Waals surface area contributed by atoms with Gasteiger partial charge in [-0.25, -0.2) is 4.98 Å². The van der Waals surface area contributed by atoms with E-state index < -0.39 is 0 Å². The summed E-state index contributed by atoms with van der Waals surface area (Å²) in [6, 6.07) is 0. The lowest BCUT2D eigenvalue weighted by Gasteiger charge is -2.33. The molecule has 5 nitrogen and oxygen atoms in total. The number of piperidine rings is 1. The summed E-state index contributed by atoms with van der Waals surface area (Å²) in [7, 11) is 0. The number of rotatable bonds is 4. The molecule has 0 bridgehead atoms. The fraction of sp³-hybridized carbons (Fsp3) is 0.733. The van der Waals surface area contributed by atoms with Crippen molar-refractivity contribution in [1.82, 2.24) is 15.2 Å². The average molecular weight is 345 g/mol. The van der Waals surface area contributed by atoms with Crippen LogP contribution in [0, 0.1) is 11.8 Å². The first-order chi connectivity index (χ1) is 10.2. The van der Waals surface area contributed by atoms with Crippen LogP contribution in [0.4, 0.5) is 5.13 Å². The van der Waals surface area contributed by atoms with Crippen LogP contribution in [0.25, 0.3) is 0 Å². The number of likely N-dealkylation sites (tertiary alicyclic amines) is 1. The third kappa shape index (κ3) is 3.79. The molecule has 2 fully saturated rings. The van der Waals surface area contributed by atoms with E-state index in [9.17, 15) is 4.79 Å². The first kappa shape index (κ1) is 17.7. The monoisotopic (exact) mass is 344 g/mol. The standard InChI is InChI=1S/C15H24N4OS.ClH/c1-3-19(11(2)20)15-17-14(10-21-15)9-18-5-4-12-6-16-7-13(12)8-18;/h10,12-13,16H,3-9H2,1-2H3;1H. The van der Waals surface area contributed by atoms with Crippen molar-refractivity contribution in [1.29, 1.82) is 0 Å². The maximum absolute atomic E-state index is 11.6. The predicted octanol–water partition coefficient (Wildman–Crippen LogP) is 1.98. The molecule has 1 aromatic heterocycles. The molecule has 2 atom stereocenters. The molecule has 0 spiro atoms. The number of nitrogens with one attached hydrogen (secondary N) is 1. The second-order valence-electron chi connectivity index (χ2n) is 6.09. The average Bonchev–Trinajstić information content (AvgIpc) is 3.08. The molecule has 2 unspecified atom stereocenters. The van der Waals surface area contributed by atoms with E-state index in [-0.39, 0.29) is 18.3 Å². The molecule has 0 aromatic carbocycles. The number of nitrogens with zero attached hydrogens (tertiary/aromatic N) is 3. The molecule has 0 saturated carbocycles. The number of hydrogen-bond donors (Lipinski definition) is 1. The third-order valence-corrected chi connectivity index (χ3v) is 5.55. The number of hydrogen-bond acceptors (Lipinski definition) is 5. The summed E-state index contributed by atoms with van der Waals surface area (Å²) < 4.78 is 0. The van der Waals surface area contributed by atoms with Crippen molar-refractivity contribution in [2.75, 3.05) is 37.6 Å². The van der Waals surface area contributed by atoms with E-state index in [0.29, 0.717) is 6.54 Å². The minimum atomic E-state index is 0. The molecule has 22 heavy (non-hydrogen) atoms. The molecule has 0 aliphatic carbocycles. The summed E-state index contributed by atoms with van der Waals surface area (Å²) >= 11 is 1.57. The SMILES string of the molecule is CCN(C(C)=O)c1nc(CN2CCC3CNCC3C2)cs1.Cl. The van der Waals surface area contributed by atoms with Crippen LogP contribution in [-0.4, -0.2) is 48.5 Å². The first-order valence-corrected chi connectivity index (χ1v) is 8.71. The molecule has 2 aliphatic rings. The van der Waals surface area contributed by atoms with Gasteiger partial charge in [0.2, 0.25) is 5.91 Å². The lowest BCUT2D eigenvalue weighted by Crippen LogP contribution is -2.39. The molecule has 1 aromatic rings. The van der Waals surface area contributed by atoms with Crippen LogP contribution in [0.1, 0.15) is 26.0 Å². The van der Waals surface area contributed by atoms with E-state index in [1.54, 1.807) is 23.2 Å². The number of anilines is 1. The zero-order valence-electron chi connectivity index (χ0n) is 13.2. The Morgan fingerprint density at radius 2 is 2.27 bits per heavy atom. The number of thiazole rings is 1. The highest BCUT2D eigenvalue weighted by molar-refractivity contribution is 7.14. The molecule has 1 amide bonds. The molecule has 3 rings (SSSR count). The Kier molecular flexibility index (Phi) is 6.20. The second kappa shape index (κ2) is 7.73. The van der Waals surface area contributed by atoms with E-state index in [4.69, 9.17) is 0 Å². The van der Waals surface area contributed by atoms with Crippen molar-refractivity contribution >= 4 is 34.8 Å². The smallest absolute Gasteiger partial charge is 0.225 e. The van der Waals surface area contributed by atoms with Gasteiger partial charge in [-0.15, -0.1) is 23.7 Å². The highest BCUT2D eigenvalue weighted by Gasteiger charge is 2.32. The van der Waals surface area contributed by atoms with Crippen LogP contribution < -0.4 is 10.2 Å². The number of carbonyl (C=O) groups is 1. The quantitative estimate of drug-likeness (QED) is 0.907. The van der Waals surface area contributed by atoms with Crippen molar-refractivity contribution in [2.45, 2.75) is 26.8 Å². The Morgan fingerprint density at radius 3 is 3.00 bits per heavy atom. The number of amides is 1. The van der Waals surface area contributed by atoms with Crippen LogP contribution in [-0.2, 0) is 11.3 Å². The molecule has 124 valence electrons. The van der Waals surface area contributed by atoms with Gasteiger partial charge in [0.1, 0.15) is 0 Å². The molecular weight excluding hydrogens is 320 g/mol. The van der Waals surface area contributed by atoms with Crippen LogP contribution in [0.5, 0.6) is 0 Å². The molecule has 2 aliphatic heterocycles. The first-order valence-electron chi connectivity index (χ1n) is 7.83. The number of carbonyl (C=O) groups excluding carboxylic acids is 1. The lowest BCUT2D eigenvalue weighted by molar-refractivity contribution is -0.116. The minimum Gasteiger partial charge on any atom is -0.316 e. The van der Waals surface area contributed by atoms with Gasteiger partial charge in [0, 0.05) is 31.9 Å². The highest BCUT2D eigenvalue weighted by atomic mass is 35.5. The summed E-state index contributed by atoms with van der Waals surface area (Å²) in [4.78, 5) is 20.5. The van der Waals surface area contributed by atoms with Gasteiger partial charge in [0.25, 0.3) is 0 Å². The van der Waals surface area contributed by atoms with Crippen LogP contribution in [0.3, 0.4) is 0 Å². The fourth-order valence-electron chi connectivity index (χ4n) is 3.47. The Balaban J connectivity index is 0.00000176. The van der Waals surface area contributed by atoms with Gasteiger partial charge < -0.3 is 5.32 Å². The maximum atomic E-state index is 11.6. The third-order valence-electron chi connectivity index (χ3n) is 4.64. The van der Waals surface area contributed by atoms with Crippen LogP contribution in [0.2, 0.25) is 0 Å². The second-order valence-corrected chi connectivity index (χ2v) is 6.92. The zero-order chi connectivity index (χ0) is 14.8. The zero-order valence-corrected chi connectivity index (χ0v) is 14.9. The summed E-state index contributed by atoms with van der Waals surface area (Å²) in [5.74, 6) is 1.75. The summed E-state index contributed by atoms with van der Waals surface area (Å²) in [6.07, 6.45) is 1.29. The topological polar surface area (TPSA) is 48.5 Å². The Morgan fingerprint density at radius 1 is 1.50 bits per heavy atom. The largest absolute Gasteiger partial charge is 0.316 e. The molecule has 3 heterocycles. The Labute approximate surface area is 142 Å². The van der Waals surface area contributed by atoms with E-state index in [1.165, 1.54) is 26.1 Å². The summed E-state index contributed by atoms with van der Waals surface area (Å²) in [5.41, 5.74) is 1.10. The van der Waals surface area contributed by atoms with Gasteiger partial charge in [-0.2, -0.15) is 0 Å². The molecule has 1 N–H and O–H groups in total. The van der Waals surface area contributed by atoms with Gasteiger partial charge in [0.05, 0.1) is 5.69 Å². The number of fused-ring (bicyclic) bond motifs is 1. The Bertz CT molecular complexity index is 509. The normalized spacial score (nSPS) is 24.6. The van der Waals surface area contributed by atoms with Crippen molar-refractivity contribution in [3.05, 3.63) is 11.1 Å². The van der Waals surface area contributed by atoms with Crippen molar-refractivity contribution < 1.29 is 4.79 Å². The van der Waals surface area contributed by atoms with Gasteiger partial charge in [-0.1, -0.05) is 0 Å². The number of aromatic nitrogens is 1. The molecule has 7 heteroatoms. The van der Waals surface area contributed by atoms with E-state index in [2.05, 4.69) is 20.6 Å².